The molecule has 2 rings (SSSR count). The number of imidazole rings is 1. The van der Waals surface area contributed by atoms with Gasteiger partial charge >= 0.3 is 0 Å². The van der Waals surface area contributed by atoms with Crippen LogP contribution in [-0.4, -0.2) is 24.3 Å². The maximum atomic E-state index is 12.1. The summed E-state index contributed by atoms with van der Waals surface area (Å²) in [6.07, 6.45) is 2.36. The second kappa shape index (κ2) is 5.24. The average Bonchev–Trinajstić information content (AvgIpc) is 2.83. The lowest BCUT2D eigenvalue weighted by molar-refractivity contribution is 0.575. The van der Waals surface area contributed by atoms with Crippen LogP contribution >= 0.6 is 22.9 Å². The van der Waals surface area contributed by atoms with E-state index in [9.17, 15) is 8.42 Å². The SMILES string of the molecule is N#CCCCNS(=O)(=O)c1c(Cl)nc2sccn12. The van der Waals surface area contributed by atoms with Gasteiger partial charge in [0.25, 0.3) is 10.0 Å². The summed E-state index contributed by atoms with van der Waals surface area (Å²) in [4.78, 5) is 4.48. The van der Waals surface area contributed by atoms with Gasteiger partial charge in [0.05, 0.1) is 6.07 Å². The molecule has 9 heteroatoms. The molecule has 0 aliphatic rings. The Bertz CT molecular complexity index is 698. The van der Waals surface area contributed by atoms with E-state index < -0.39 is 10.0 Å². The molecule has 0 aromatic carbocycles. The van der Waals surface area contributed by atoms with Crippen molar-refractivity contribution in [2.24, 2.45) is 0 Å². The number of fused-ring (bicyclic) bond motifs is 1. The highest BCUT2D eigenvalue weighted by atomic mass is 35.5. The van der Waals surface area contributed by atoms with Gasteiger partial charge in [-0.1, -0.05) is 11.6 Å². The Kier molecular flexibility index (Phi) is 3.87. The number of sulfonamides is 1. The predicted octanol–water partition coefficient (Wildman–Crippen LogP) is 1.63. The monoisotopic (exact) mass is 304 g/mol. The van der Waals surface area contributed by atoms with E-state index in [1.54, 1.807) is 11.6 Å². The molecular formula is C9H9ClN4O2S2. The normalized spacial score (nSPS) is 11.8. The van der Waals surface area contributed by atoms with Gasteiger partial charge in [0.15, 0.2) is 15.1 Å². The first-order valence-electron chi connectivity index (χ1n) is 5.04. The van der Waals surface area contributed by atoms with Crippen LogP contribution in [0.1, 0.15) is 12.8 Å². The van der Waals surface area contributed by atoms with E-state index >= 15 is 0 Å². The van der Waals surface area contributed by atoms with Gasteiger partial charge in [-0.2, -0.15) is 5.26 Å². The lowest BCUT2D eigenvalue weighted by Crippen LogP contribution is -2.26. The summed E-state index contributed by atoms with van der Waals surface area (Å²) in [5, 5.41) is 10.0. The molecule has 0 fully saturated rings. The second-order valence-corrected chi connectivity index (χ2v) is 6.34. The summed E-state index contributed by atoms with van der Waals surface area (Å²) >= 11 is 7.14. The third-order valence-electron chi connectivity index (χ3n) is 2.19. The summed E-state index contributed by atoms with van der Waals surface area (Å²) in [6.45, 7) is 0.198. The summed E-state index contributed by atoms with van der Waals surface area (Å²) in [5.74, 6) is 0. The molecule has 0 spiro atoms. The Balaban J connectivity index is 2.26. The van der Waals surface area contributed by atoms with Crippen molar-refractivity contribution >= 4 is 37.9 Å². The minimum atomic E-state index is -3.71. The maximum Gasteiger partial charge on any atom is 0.259 e. The molecule has 0 saturated heterocycles. The summed E-state index contributed by atoms with van der Waals surface area (Å²) < 4.78 is 27.9. The van der Waals surface area contributed by atoms with Crippen LogP contribution in [0.25, 0.3) is 4.96 Å². The Labute approximate surface area is 113 Å². The topological polar surface area (TPSA) is 87.3 Å². The molecule has 96 valence electrons. The van der Waals surface area contributed by atoms with Crippen LogP contribution in [0.4, 0.5) is 0 Å². The molecule has 0 radical (unpaired) electrons. The summed E-state index contributed by atoms with van der Waals surface area (Å²) in [7, 11) is -3.71. The van der Waals surface area contributed by atoms with E-state index in [0.29, 0.717) is 17.8 Å². The molecule has 2 heterocycles. The van der Waals surface area contributed by atoms with Crippen LogP contribution in [0, 0.1) is 11.3 Å². The van der Waals surface area contributed by atoms with E-state index in [0.717, 1.165) is 0 Å². The quantitative estimate of drug-likeness (QED) is 0.850. The highest BCUT2D eigenvalue weighted by molar-refractivity contribution is 7.89. The fourth-order valence-corrected chi connectivity index (χ4v) is 3.94. The number of unbranched alkanes of at least 4 members (excludes halogenated alkanes) is 1. The first-order valence-corrected chi connectivity index (χ1v) is 7.78. The number of hydrogen-bond donors (Lipinski definition) is 1. The van der Waals surface area contributed by atoms with Gasteiger partial charge in [0.1, 0.15) is 0 Å². The van der Waals surface area contributed by atoms with Crippen molar-refractivity contribution in [3.63, 3.8) is 0 Å². The number of nitriles is 1. The third kappa shape index (κ3) is 2.49. The fraction of sp³-hybridized carbons (Fsp3) is 0.333. The van der Waals surface area contributed by atoms with Crippen molar-refractivity contribution in [2.75, 3.05) is 6.54 Å². The molecule has 0 aliphatic carbocycles. The zero-order chi connectivity index (χ0) is 13.2. The largest absolute Gasteiger partial charge is 0.279 e. The predicted molar refractivity (Wildman–Crippen MR) is 68.1 cm³/mol. The molecule has 0 amide bonds. The van der Waals surface area contributed by atoms with Crippen LogP contribution < -0.4 is 4.72 Å². The number of halogens is 1. The van der Waals surface area contributed by atoms with E-state index in [2.05, 4.69) is 9.71 Å². The van der Waals surface area contributed by atoms with Crippen LogP contribution in [0.5, 0.6) is 0 Å². The lowest BCUT2D eigenvalue weighted by atomic mass is 10.3. The molecule has 0 unspecified atom stereocenters. The first-order chi connectivity index (χ1) is 8.56. The van der Waals surface area contributed by atoms with Gasteiger partial charge < -0.3 is 0 Å². The molecule has 18 heavy (non-hydrogen) atoms. The van der Waals surface area contributed by atoms with Crippen LogP contribution in [0.2, 0.25) is 5.15 Å². The van der Waals surface area contributed by atoms with E-state index in [1.165, 1.54) is 15.7 Å². The van der Waals surface area contributed by atoms with Crippen molar-refractivity contribution in [3.8, 4) is 6.07 Å². The Morgan fingerprint density at radius 1 is 1.61 bits per heavy atom. The smallest absolute Gasteiger partial charge is 0.259 e. The van der Waals surface area contributed by atoms with Crippen LogP contribution in [0.3, 0.4) is 0 Å². The molecule has 0 bridgehead atoms. The van der Waals surface area contributed by atoms with Gasteiger partial charge in [-0.15, -0.1) is 11.3 Å². The zero-order valence-corrected chi connectivity index (χ0v) is 11.5. The molecule has 2 aromatic rings. The molecule has 2 aromatic heterocycles. The van der Waals surface area contributed by atoms with Crippen molar-refractivity contribution in [1.29, 1.82) is 5.26 Å². The summed E-state index contributed by atoms with van der Waals surface area (Å²) in [5.41, 5.74) is 0. The molecule has 1 N–H and O–H groups in total. The van der Waals surface area contributed by atoms with Gasteiger partial charge in [0.2, 0.25) is 0 Å². The molecule has 0 aliphatic heterocycles. The molecule has 6 nitrogen and oxygen atoms in total. The van der Waals surface area contributed by atoms with E-state index in [1.807, 2.05) is 6.07 Å². The van der Waals surface area contributed by atoms with Crippen molar-refractivity contribution in [1.82, 2.24) is 14.1 Å². The minimum absolute atomic E-state index is 0.0466. The van der Waals surface area contributed by atoms with Gasteiger partial charge in [-0.25, -0.2) is 18.1 Å². The van der Waals surface area contributed by atoms with Crippen LogP contribution in [0.15, 0.2) is 16.6 Å². The van der Waals surface area contributed by atoms with Gasteiger partial charge in [-0.3, -0.25) is 4.40 Å². The minimum Gasteiger partial charge on any atom is -0.279 e. The number of thiazole rings is 1. The van der Waals surface area contributed by atoms with Crippen molar-refractivity contribution in [2.45, 2.75) is 17.9 Å². The fourth-order valence-electron chi connectivity index (χ4n) is 1.42. The number of rotatable bonds is 5. The highest BCUT2D eigenvalue weighted by Crippen LogP contribution is 2.25. The van der Waals surface area contributed by atoms with Gasteiger partial charge in [-0.05, 0) is 6.42 Å². The standard InChI is InChI=1S/C9H9ClN4O2S2/c10-7-8(14-5-6-17-9(14)13-7)18(15,16)12-4-2-1-3-11/h5-6,12H,1-2,4H2. The number of aromatic nitrogens is 2. The lowest BCUT2D eigenvalue weighted by Gasteiger charge is -2.04. The zero-order valence-electron chi connectivity index (χ0n) is 9.13. The number of nitrogens with zero attached hydrogens (tertiary/aromatic N) is 3. The first kappa shape index (κ1) is 13.3. The highest BCUT2D eigenvalue weighted by Gasteiger charge is 2.24. The van der Waals surface area contributed by atoms with Crippen molar-refractivity contribution in [3.05, 3.63) is 16.7 Å². The second-order valence-electron chi connectivity index (χ2n) is 3.42. The Morgan fingerprint density at radius 2 is 2.39 bits per heavy atom. The van der Waals surface area contributed by atoms with E-state index in [-0.39, 0.29) is 16.7 Å². The molecule has 0 atom stereocenters. The maximum absolute atomic E-state index is 12.1. The molecular weight excluding hydrogens is 296 g/mol. The number of hydrogen-bond acceptors (Lipinski definition) is 5. The van der Waals surface area contributed by atoms with Crippen LogP contribution in [-0.2, 0) is 10.0 Å². The average molecular weight is 305 g/mol. The Hall–Kier alpha value is -1.14. The Morgan fingerprint density at radius 3 is 3.11 bits per heavy atom. The van der Waals surface area contributed by atoms with E-state index in [4.69, 9.17) is 16.9 Å². The molecule has 0 saturated carbocycles. The van der Waals surface area contributed by atoms with Gasteiger partial charge in [0, 0.05) is 24.5 Å². The summed E-state index contributed by atoms with van der Waals surface area (Å²) in [6, 6.07) is 1.95. The number of nitrogens with one attached hydrogen (secondary N) is 1. The third-order valence-corrected chi connectivity index (χ3v) is 4.81. The van der Waals surface area contributed by atoms with Crippen molar-refractivity contribution < 1.29 is 8.42 Å².